The molecule has 0 amide bonds. The fraction of sp³-hybridized carbons (Fsp3) is 1.00. The standard InChI is InChI=1S/C28H54N6O16S/c29-2-8-15(37)18(40)12(33)25(44-8)48-22-7(32)1-6(31)14(36)24(22)50-27-21(43)23(49-26-13(34)19(41)16(38)9(3-30)45-26)11(46-27)5-51-28-20(42)17(39)10(4-35)47-28/h6-28,35-43H,1-5,29-34H2/t6-,7?,8?,9+,10-,11-,12?,13?,14?,15+,16-,17+,18-,19?,20?,21+,22+,23+,24-,25+,26-,27?,28+/m1/s1. The van der Waals surface area contributed by atoms with Crippen molar-refractivity contribution >= 4 is 11.8 Å². The van der Waals surface area contributed by atoms with E-state index in [1.54, 1.807) is 0 Å². The summed E-state index contributed by atoms with van der Waals surface area (Å²) in [5.74, 6) is -0.0841. The zero-order valence-electron chi connectivity index (χ0n) is 27.6. The monoisotopic (exact) mass is 762 g/mol. The minimum Gasteiger partial charge on any atom is -0.394 e. The summed E-state index contributed by atoms with van der Waals surface area (Å²) >= 11 is 0.968. The number of hydrogen-bond donors (Lipinski definition) is 15. The molecule has 298 valence electrons. The van der Waals surface area contributed by atoms with Gasteiger partial charge in [0.25, 0.3) is 0 Å². The van der Waals surface area contributed by atoms with E-state index in [1.165, 1.54) is 0 Å². The molecule has 0 aromatic carbocycles. The van der Waals surface area contributed by atoms with E-state index >= 15 is 0 Å². The van der Waals surface area contributed by atoms with Gasteiger partial charge < -0.3 is 114 Å². The number of nitrogens with two attached hydrogens (primary N) is 6. The van der Waals surface area contributed by atoms with E-state index in [1.807, 2.05) is 0 Å². The molecule has 8 unspecified atom stereocenters. The van der Waals surface area contributed by atoms with Crippen LogP contribution in [0.15, 0.2) is 0 Å². The minimum atomic E-state index is -1.66. The van der Waals surface area contributed by atoms with Crippen LogP contribution in [-0.2, 0) is 33.2 Å². The lowest BCUT2D eigenvalue weighted by Crippen LogP contribution is -2.68. The predicted octanol–water partition coefficient (Wildman–Crippen LogP) is -9.72. The van der Waals surface area contributed by atoms with Gasteiger partial charge in [-0.15, -0.1) is 11.8 Å². The van der Waals surface area contributed by atoms with Crippen molar-refractivity contribution in [3.8, 4) is 0 Å². The SMILES string of the molecule is NCC1O[C@@H](O[C@H]2C(N)C[C@@H](N)C(O)[C@H]2OC2O[C@H](CS[C@@H]3O[C@H](CO)[C@H](O)C3O)[C@H](O[C@H]3O[C@@H](CN)[C@@H](O)C(O)C3N)[C@@H]2O)C(N)[C@@H](O)[C@H]1O. The van der Waals surface area contributed by atoms with Crippen molar-refractivity contribution < 1.29 is 79.1 Å². The van der Waals surface area contributed by atoms with Crippen LogP contribution in [0.5, 0.6) is 0 Å². The Bertz CT molecular complexity index is 1110. The summed E-state index contributed by atoms with van der Waals surface area (Å²) < 4.78 is 41.4. The average molecular weight is 763 g/mol. The topological polar surface area (TPSA) is 403 Å². The highest BCUT2D eigenvalue weighted by Crippen LogP contribution is 2.37. The molecule has 5 aliphatic rings. The molecule has 51 heavy (non-hydrogen) atoms. The van der Waals surface area contributed by atoms with Crippen molar-refractivity contribution in [2.45, 2.75) is 146 Å². The van der Waals surface area contributed by atoms with Gasteiger partial charge >= 0.3 is 0 Å². The molecule has 0 bridgehead atoms. The zero-order valence-corrected chi connectivity index (χ0v) is 28.4. The molecule has 0 spiro atoms. The molecule has 5 fully saturated rings. The van der Waals surface area contributed by atoms with Gasteiger partial charge in [0.2, 0.25) is 0 Å². The van der Waals surface area contributed by atoms with Crippen molar-refractivity contribution in [2.75, 3.05) is 25.4 Å². The highest BCUT2D eigenvalue weighted by molar-refractivity contribution is 7.99. The third-order valence-electron chi connectivity index (χ3n) is 10.1. The average Bonchev–Trinajstić information content (AvgIpc) is 3.56. The Kier molecular flexibility index (Phi) is 14.3. The van der Waals surface area contributed by atoms with Crippen molar-refractivity contribution in [1.29, 1.82) is 0 Å². The van der Waals surface area contributed by atoms with Crippen molar-refractivity contribution in [1.82, 2.24) is 0 Å². The molecule has 0 aromatic heterocycles. The van der Waals surface area contributed by atoms with Crippen molar-refractivity contribution in [3.63, 3.8) is 0 Å². The number of ether oxygens (including phenoxy) is 7. The molecule has 0 radical (unpaired) electrons. The van der Waals surface area contributed by atoms with Crippen LogP contribution in [0.3, 0.4) is 0 Å². The second-order valence-corrected chi connectivity index (χ2v) is 14.7. The van der Waals surface area contributed by atoms with Crippen molar-refractivity contribution in [3.05, 3.63) is 0 Å². The summed E-state index contributed by atoms with van der Waals surface area (Å²) in [5, 5.41) is 94.6. The maximum Gasteiger partial charge on any atom is 0.187 e. The summed E-state index contributed by atoms with van der Waals surface area (Å²) in [5.41, 5.74) is 35.2. The van der Waals surface area contributed by atoms with E-state index in [-0.39, 0.29) is 25.3 Å². The maximum atomic E-state index is 11.6. The molecule has 21 N–H and O–H groups in total. The number of rotatable bonds is 12. The van der Waals surface area contributed by atoms with E-state index in [9.17, 15) is 46.0 Å². The van der Waals surface area contributed by atoms with Gasteiger partial charge in [0.15, 0.2) is 18.9 Å². The molecular weight excluding hydrogens is 708 g/mol. The van der Waals surface area contributed by atoms with Gasteiger partial charge in [-0.25, -0.2) is 0 Å². The lowest BCUT2D eigenvalue weighted by atomic mass is 9.84. The Labute approximate surface area is 297 Å². The van der Waals surface area contributed by atoms with Crippen LogP contribution < -0.4 is 34.4 Å². The van der Waals surface area contributed by atoms with E-state index in [4.69, 9.17) is 67.6 Å². The molecule has 1 saturated carbocycles. The van der Waals surface area contributed by atoms with E-state index in [0.29, 0.717) is 0 Å². The highest BCUT2D eigenvalue weighted by Gasteiger charge is 2.55. The van der Waals surface area contributed by atoms with Crippen LogP contribution >= 0.6 is 11.8 Å². The van der Waals surface area contributed by atoms with Crippen LogP contribution in [0.4, 0.5) is 0 Å². The van der Waals surface area contributed by atoms with Crippen LogP contribution in [0.2, 0.25) is 0 Å². The summed E-state index contributed by atoms with van der Waals surface area (Å²) in [6.45, 7) is -0.942. The lowest BCUT2D eigenvalue weighted by molar-refractivity contribution is -0.306. The molecule has 0 aromatic rings. The van der Waals surface area contributed by atoms with Crippen LogP contribution in [0.25, 0.3) is 0 Å². The van der Waals surface area contributed by atoms with E-state index in [2.05, 4.69) is 0 Å². The third kappa shape index (κ3) is 8.51. The summed E-state index contributed by atoms with van der Waals surface area (Å²) in [7, 11) is 0. The van der Waals surface area contributed by atoms with Gasteiger partial charge in [-0.3, -0.25) is 0 Å². The Morgan fingerprint density at radius 1 is 0.510 bits per heavy atom. The van der Waals surface area contributed by atoms with Gasteiger partial charge in [-0.2, -0.15) is 0 Å². The predicted molar refractivity (Wildman–Crippen MR) is 171 cm³/mol. The molecule has 23 atom stereocenters. The number of aliphatic hydroxyl groups is 9. The van der Waals surface area contributed by atoms with Gasteiger partial charge in [-0.1, -0.05) is 0 Å². The first kappa shape index (κ1) is 41.6. The Balaban J connectivity index is 1.36. The van der Waals surface area contributed by atoms with Crippen LogP contribution in [0, 0.1) is 0 Å². The summed E-state index contributed by atoms with van der Waals surface area (Å²) in [6, 6.07) is -4.39. The Morgan fingerprint density at radius 2 is 1.00 bits per heavy atom. The van der Waals surface area contributed by atoms with Gasteiger partial charge in [0, 0.05) is 30.9 Å². The van der Waals surface area contributed by atoms with Gasteiger partial charge in [0.05, 0.1) is 30.9 Å². The fourth-order valence-corrected chi connectivity index (χ4v) is 8.15. The van der Waals surface area contributed by atoms with Crippen LogP contribution in [0.1, 0.15) is 6.42 Å². The normalized spacial score (nSPS) is 53.8. The van der Waals surface area contributed by atoms with Gasteiger partial charge in [0.1, 0.15) is 84.8 Å². The summed E-state index contributed by atoms with van der Waals surface area (Å²) in [4.78, 5) is 0. The molecule has 1 aliphatic carbocycles. The maximum absolute atomic E-state index is 11.6. The number of aliphatic hydroxyl groups excluding tert-OH is 9. The van der Waals surface area contributed by atoms with Gasteiger partial charge in [-0.05, 0) is 6.42 Å². The smallest absolute Gasteiger partial charge is 0.187 e. The Hall–Kier alpha value is -0.530. The first-order chi connectivity index (χ1) is 24.1. The fourth-order valence-electron chi connectivity index (χ4n) is 6.92. The molecule has 4 aliphatic heterocycles. The second-order valence-electron chi connectivity index (χ2n) is 13.6. The zero-order chi connectivity index (χ0) is 37.5. The highest BCUT2D eigenvalue weighted by atomic mass is 32.2. The Morgan fingerprint density at radius 3 is 1.51 bits per heavy atom. The molecule has 4 saturated heterocycles. The molecular formula is C28H54N6O16S. The number of thioether (sulfide) groups is 1. The molecule has 23 heteroatoms. The minimum absolute atomic E-state index is 0.0516. The largest absolute Gasteiger partial charge is 0.394 e. The quantitative estimate of drug-likeness (QED) is 0.0877. The lowest BCUT2D eigenvalue weighted by Gasteiger charge is -2.47. The molecule has 5 rings (SSSR count). The molecule has 22 nitrogen and oxygen atoms in total. The second kappa shape index (κ2) is 17.5. The number of hydrogen-bond acceptors (Lipinski definition) is 23. The first-order valence-corrected chi connectivity index (χ1v) is 17.9. The van der Waals surface area contributed by atoms with E-state index < -0.39 is 147 Å². The molecule has 4 heterocycles. The van der Waals surface area contributed by atoms with Crippen molar-refractivity contribution in [2.24, 2.45) is 34.4 Å². The van der Waals surface area contributed by atoms with E-state index in [0.717, 1.165) is 11.8 Å². The van der Waals surface area contributed by atoms with Crippen LogP contribution in [-0.4, -0.2) is 211 Å². The first-order valence-electron chi connectivity index (χ1n) is 16.8. The summed E-state index contributed by atoms with van der Waals surface area (Å²) in [6.07, 6.45) is -24.2. The third-order valence-corrected chi connectivity index (χ3v) is 11.4.